The van der Waals surface area contributed by atoms with Crippen molar-refractivity contribution in [3.8, 4) is 11.5 Å². The Labute approximate surface area is 173 Å². The number of hydrogen-bond acceptors (Lipinski definition) is 6. The van der Waals surface area contributed by atoms with E-state index in [0.717, 1.165) is 18.7 Å². The molecule has 0 unspecified atom stereocenters. The van der Waals surface area contributed by atoms with E-state index in [1.807, 2.05) is 0 Å². The van der Waals surface area contributed by atoms with Crippen molar-refractivity contribution < 1.29 is 14.4 Å². The topological polar surface area (TPSA) is 68.1 Å². The van der Waals surface area contributed by atoms with Gasteiger partial charge < -0.3 is 9.47 Å². The lowest BCUT2D eigenvalue weighted by Crippen LogP contribution is -2.59. The summed E-state index contributed by atoms with van der Waals surface area (Å²) in [6.07, 6.45) is 9.10. The van der Waals surface area contributed by atoms with Crippen LogP contribution in [0.5, 0.6) is 11.5 Å². The zero-order valence-corrected chi connectivity index (χ0v) is 17.6. The molecule has 2 heterocycles. The van der Waals surface area contributed by atoms with Crippen molar-refractivity contribution in [2.75, 3.05) is 33.9 Å². The number of hydrogen-bond donors (Lipinski definition) is 0. The van der Waals surface area contributed by atoms with Crippen LogP contribution in [0.25, 0.3) is 0 Å². The maximum atomic E-state index is 11.8. The normalized spacial score (nSPS) is 26.3. The number of rotatable bonds is 6. The first-order valence-electron chi connectivity index (χ1n) is 11.0. The van der Waals surface area contributed by atoms with Crippen LogP contribution in [-0.4, -0.2) is 60.7 Å². The van der Waals surface area contributed by atoms with Crippen LogP contribution < -0.4 is 9.47 Å². The van der Waals surface area contributed by atoms with Gasteiger partial charge in [0.15, 0.2) is 11.5 Å². The fraction of sp³-hybridized carbons (Fsp3) is 0.727. The molecule has 1 aliphatic carbocycles. The lowest BCUT2D eigenvalue weighted by molar-refractivity contribution is -0.385. The molecule has 7 nitrogen and oxygen atoms in total. The summed E-state index contributed by atoms with van der Waals surface area (Å²) < 4.78 is 10.7. The Morgan fingerprint density at radius 1 is 1.00 bits per heavy atom. The Bertz CT molecular complexity index is 735. The number of methoxy groups -OCH3 is 2. The summed E-state index contributed by atoms with van der Waals surface area (Å²) in [4.78, 5) is 16.7. The number of nitro benzene ring substituents is 1. The van der Waals surface area contributed by atoms with Crippen LogP contribution in [0.2, 0.25) is 0 Å². The number of benzene rings is 1. The van der Waals surface area contributed by atoms with Crippen LogP contribution in [0.3, 0.4) is 0 Å². The molecule has 29 heavy (non-hydrogen) atoms. The quantitative estimate of drug-likeness (QED) is 0.531. The average Bonchev–Trinajstić information content (AvgIpc) is 3.22. The largest absolute Gasteiger partial charge is 0.493 e. The van der Waals surface area contributed by atoms with Gasteiger partial charge in [0, 0.05) is 37.3 Å². The van der Waals surface area contributed by atoms with Gasteiger partial charge in [-0.1, -0.05) is 19.3 Å². The molecule has 4 rings (SSSR count). The van der Waals surface area contributed by atoms with Gasteiger partial charge in [0.1, 0.15) is 0 Å². The van der Waals surface area contributed by atoms with Crippen LogP contribution >= 0.6 is 0 Å². The Kier molecular flexibility index (Phi) is 6.25. The highest BCUT2D eigenvalue weighted by Crippen LogP contribution is 2.40. The second-order valence-corrected chi connectivity index (χ2v) is 8.70. The van der Waals surface area contributed by atoms with E-state index in [1.54, 1.807) is 13.2 Å². The molecule has 1 saturated carbocycles. The van der Waals surface area contributed by atoms with Crippen molar-refractivity contribution in [3.05, 3.63) is 27.8 Å². The molecule has 0 amide bonds. The summed E-state index contributed by atoms with van der Waals surface area (Å²) in [5, 5.41) is 11.8. The summed E-state index contributed by atoms with van der Waals surface area (Å²) in [7, 11) is 3.09. The lowest BCUT2D eigenvalue weighted by Gasteiger charge is -2.49. The van der Waals surface area contributed by atoms with Gasteiger partial charge in [-0.25, -0.2) is 0 Å². The van der Waals surface area contributed by atoms with Crippen molar-refractivity contribution in [1.29, 1.82) is 0 Å². The van der Waals surface area contributed by atoms with Crippen LogP contribution in [0, 0.1) is 16.0 Å². The van der Waals surface area contributed by atoms with Gasteiger partial charge in [-0.3, -0.25) is 19.9 Å². The molecular formula is C22H33N3O4. The minimum atomic E-state index is -0.293. The molecule has 160 valence electrons. The monoisotopic (exact) mass is 403 g/mol. The summed E-state index contributed by atoms with van der Waals surface area (Å²) in [5.74, 6) is 1.67. The Morgan fingerprint density at radius 2 is 1.72 bits per heavy atom. The number of ether oxygens (including phenoxy) is 2. The first kappa shape index (κ1) is 20.4. The van der Waals surface area contributed by atoms with Gasteiger partial charge in [0.25, 0.3) is 5.69 Å². The zero-order valence-electron chi connectivity index (χ0n) is 17.6. The van der Waals surface area contributed by atoms with E-state index in [1.165, 1.54) is 64.7 Å². The number of piperazine rings is 1. The van der Waals surface area contributed by atoms with Gasteiger partial charge in [0.2, 0.25) is 0 Å². The molecule has 0 radical (unpaired) electrons. The summed E-state index contributed by atoms with van der Waals surface area (Å²) in [6, 6.07) is 4.41. The van der Waals surface area contributed by atoms with Crippen molar-refractivity contribution in [2.45, 2.75) is 63.6 Å². The Morgan fingerprint density at radius 3 is 2.41 bits per heavy atom. The lowest BCUT2D eigenvalue weighted by atomic mass is 9.78. The van der Waals surface area contributed by atoms with E-state index in [4.69, 9.17) is 9.47 Å². The van der Waals surface area contributed by atoms with Crippen LogP contribution in [0.4, 0.5) is 5.69 Å². The van der Waals surface area contributed by atoms with Crippen LogP contribution in [0.15, 0.2) is 12.1 Å². The van der Waals surface area contributed by atoms with Crippen molar-refractivity contribution in [1.82, 2.24) is 9.80 Å². The predicted molar refractivity (Wildman–Crippen MR) is 112 cm³/mol. The van der Waals surface area contributed by atoms with E-state index in [0.29, 0.717) is 36.0 Å². The van der Waals surface area contributed by atoms with Crippen LogP contribution in [0.1, 0.15) is 50.5 Å². The van der Waals surface area contributed by atoms with Gasteiger partial charge in [-0.2, -0.15) is 0 Å². The third-order valence-corrected chi connectivity index (χ3v) is 7.19. The highest BCUT2D eigenvalue weighted by Gasteiger charge is 2.43. The third kappa shape index (κ3) is 4.08. The Hall–Kier alpha value is -1.86. The van der Waals surface area contributed by atoms with E-state index in [2.05, 4.69) is 9.80 Å². The predicted octanol–water partition coefficient (Wildman–Crippen LogP) is 3.84. The second-order valence-electron chi connectivity index (χ2n) is 8.70. The van der Waals surface area contributed by atoms with E-state index < -0.39 is 0 Å². The molecule has 0 aromatic heterocycles. The minimum Gasteiger partial charge on any atom is -0.493 e. The summed E-state index contributed by atoms with van der Waals surface area (Å²) >= 11 is 0. The fourth-order valence-corrected chi connectivity index (χ4v) is 5.86. The maximum Gasteiger partial charge on any atom is 0.277 e. The first-order valence-corrected chi connectivity index (χ1v) is 11.0. The molecule has 2 saturated heterocycles. The number of nitro groups is 1. The molecule has 1 aromatic carbocycles. The maximum absolute atomic E-state index is 11.8. The third-order valence-electron chi connectivity index (χ3n) is 7.19. The minimum absolute atomic E-state index is 0.124. The van der Waals surface area contributed by atoms with Gasteiger partial charge in [0.05, 0.1) is 25.2 Å². The van der Waals surface area contributed by atoms with Crippen molar-refractivity contribution >= 4 is 5.69 Å². The fourth-order valence-electron chi connectivity index (χ4n) is 5.86. The molecule has 0 N–H and O–H groups in total. The van der Waals surface area contributed by atoms with Gasteiger partial charge in [-0.05, 0) is 44.2 Å². The van der Waals surface area contributed by atoms with Crippen molar-refractivity contribution in [2.24, 2.45) is 5.92 Å². The molecule has 2 aliphatic heterocycles. The van der Waals surface area contributed by atoms with E-state index in [-0.39, 0.29) is 10.6 Å². The molecule has 0 spiro atoms. The second kappa shape index (κ2) is 8.88. The molecule has 3 aliphatic rings. The molecular weight excluding hydrogens is 370 g/mol. The molecule has 3 fully saturated rings. The smallest absolute Gasteiger partial charge is 0.277 e. The van der Waals surface area contributed by atoms with Crippen molar-refractivity contribution in [3.63, 3.8) is 0 Å². The number of fused-ring (bicyclic) bond motifs is 1. The van der Waals surface area contributed by atoms with Gasteiger partial charge in [-0.15, -0.1) is 0 Å². The number of nitrogens with zero attached hydrogens (tertiary/aromatic N) is 3. The highest BCUT2D eigenvalue weighted by atomic mass is 16.6. The van der Waals surface area contributed by atoms with E-state index in [9.17, 15) is 10.1 Å². The molecule has 0 bridgehead atoms. The van der Waals surface area contributed by atoms with Gasteiger partial charge >= 0.3 is 0 Å². The standard InChI is InChI=1S/C22H33N3O4/c1-28-20-13-17(19(25(26)27)14-21(20)29-2)15-24-12-11-23-10-6-9-18(23)22(24)16-7-4-3-5-8-16/h13-14,16,18,22H,3-12,15H2,1-2H3/t18-,22+/m0/s1. The summed E-state index contributed by atoms with van der Waals surface area (Å²) in [5.41, 5.74) is 0.846. The molecule has 1 aromatic rings. The van der Waals surface area contributed by atoms with Crippen LogP contribution in [-0.2, 0) is 6.54 Å². The molecule has 7 heteroatoms. The molecule has 2 atom stereocenters. The van der Waals surface area contributed by atoms with E-state index >= 15 is 0 Å². The highest BCUT2D eigenvalue weighted by molar-refractivity contribution is 5.54. The SMILES string of the molecule is COc1cc(CN2CCN3CCC[C@H]3[C@H]2C2CCCCC2)c([N+](=O)[O-])cc1OC. The Balaban J connectivity index is 1.65. The zero-order chi connectivity index (χ0) is 20.4. The summed E-state index contributed by atoms with van der Waals surface area (Å²) in [6.45, 7) is 3.85. The average molecular weight is 404 g/mol. The first-order chi connectivity index (χ1) is 14.1.